The van der Waals surface area contributed by atoms with Crippen LogP contribution in [0.3, 0.4) is 0 Å². The molecule has 1 saturated heterocycles. The van der Waals surface area contributed by atoms with Crippen LogP contribution >= 0.6 is 11.8 Å². The molecular weight excluding hydrogens is 244 g/mol. The Morgan fingerprint density at radius 2 is 2.25 bits per heavy atom. The predicted octanol–water partition coefficient (Wildman–Crippen LogP) is 0.0432. The summed E-state index contributed by atoms with van der Waals surface area (Å²) in [6.07, 6.45) is 2.49. The Morgan fingerprint density at radius 1 is 1.56 bits per heavy atom. The third-order valence-corrected chi connectivity index (χ3v) is 5.24. The van der Waals surface area contributed by atoms with Gasteiger partial charge < -0.3 is 10.6 Å². The first-order chi connectivity index (χ1) is 7.44. The zero-order valence-electron chi connectivity index (χ0n) is 10.1. The van der Waals surface area contributed by atoms with E-state index in [1.54, 1.807) is 0 Å². The quantitative estimate of drug-likeness (QED) is 0.735. The third kappa shape index (κ3) is 4.61. The molecule has 0 radical (unpaired) electrons. The molecule has 0 aliphatic carbocycles. The van der Waals surface area contributed by atoms with Crippen molar-refractivity contribution in [3.8, 4) is 0 Å². The number of rotatable bonds is 6. The van der Waals surface area contributed by atoms with Gasteiger partial charge in [0.25, 0.3) is 0 Å². The molecule has 0 saturated carbocycles. The summed E-state index contributed by atoms with van der Waals surface area (Å²) < 4.78 is 22.2. The Bertz CT molecular complexity index is 300. The maximum Gasteiger partial charge on any atom is 0.148 e. The number of hydrogen-bond donors (Lipinski definition) is 1. The molecule has 0 aromatic rings. The Hall–Kier alpha value is 0.220. The van der Waals surface area contributed by atoms with Crippen molar-refractivity contribution in [1.82, 2.24) is 4.90 Å². The molecule has 0 spiro atoms. The summed E-state index contributed by atoms with van der Waals surface area (Å²) in [6, 6.07) is 0.330. The summed E-state index contributed by atoms with van der Waals surface area (Å²) >= 11 is 1.97. The van der Waals surface area contributed by atoms with Gasteiger partial charge in [0.1, 0.15) is 9.84 Å². The van der Waals surface area contributed by atoms with Crippen LogP contribution in [0.25, 0.3) is 0 Å². The van der Waals surface area contributed by atoms with Gasteiger partial charge in [-0.3, -0.25) is 0 Å². The summed E-state index contributed by atoms with van der Waals surface area (Å²) in [5.41, 5.74) is 5.79. The molecule has 2 unspecified atom stereocenters. The van der Waals surface area contributed by atoms with E-state index in [-0.39, 0.29) is 5.75 Å². The molecule has 4 nitrogen and oxygen atoms in total. The summed E-state index contributed by atoms with van der Waals surface area (Å²) in [7, 11) is -0.894. The van der Waals surface area contributed by atoms with Gasteiger partial charge in [-0.15, -0.1) is 0 Å². The molecular formula is C10H22N2O2S2. The molecule has 0 aromatic carbocycles. The largest absolute Gasteiger partial charge is 0.329 e. The van der Waals surface area contributed by atoms with Crippen LogP contribution in [-0.4, -0.2) is 63.0 Å². The Kier molecular flexibility index (Phi) is 5.56. The minimum absolute atomic E-state index is 0.222. The second-order valence-corrected chi connectivity index (χ2v) is 7.95. The van der Waals surface area contributed by atoms with Gasteiger partial charge >= 0.3 is 0 Å². The van der Waals surface area contributed by atoms with Crippen LogP contribution in [0.4, 0.5) is 0 Å². The maximum atomic E-state index is 11.1. The van der Waals surface area contributed by atoms with E-state index in [1.807, 2.05) is 18.8 Å². The number of thioether (sulfide) groups is 1. The van der Waals surface area contributed by atoms with E-state index < -0.39 is 9.84 Å². The van der Waals surface area contributed by atoms with E-state index in [0.29, 0.717) is 25.0 Å². The van der Waals surface area contributed by atoms with Crippen LogP contribution < -0.4 is 5.73 Å². The summed E-state index contributed by atoms with van der Waals surface area (Å²) in [4.78, 5) is 2.11. The molecule has 16 heavy (non-hydrogen) atoms. The lowest BCUT2D eigenvalue weighted by molar-refractivity contribution is 0.201. The Labute approximate surface area is 103 Å². The highest BCUT2D eigenvalue weighted by Crippen LogP contribution is 2.27. The average molecular weight is 266 g/mol. The first-order valence-electron chi connectivity index (χ1n) is 5.60. The fraction of sp³-hybridized carbons (Fsp3) is 1.00. The fourth-order valence-corrected chi connectivity index (χ4v) is 4.01. The molecule has 0 bridgehead atoms. The van der Waals surface area contributed by atoms with Gasteiger partial charge in [0.2, 0.25) is 0 Å². The van der Waals surface area contributed by atoms with Crippen molar-refractivity contribution < 1.29 is 8.42 Å². The van der Waals surface area contributed by atoms with E-state index in [1.165, 1.54) is 18.4 Å². The third-order valence-electron chi connectivity index (χ3n) is 3.13. The number of likely N-dealkylation sites (N-methyl/N-ethyl adjacent to an activating group) is 1. The fourth-order valence-electron chi connectivity index (χ4n) is 2.06. The van der Waals surface area contributed by atoms with E-state index in [2.05, 4.69) is 4.90 Å². The van der Waals surface area contributed by atoms with Gasteiger partial charge in [-0.2, -0.15) is 11.8 Å². The zero-order valence-corrected chi connectivity index (χ0v) is 11.7. The molecule has 0 aromatic heterocycles. The van der Waals surface area contributed by atoms with Gasteiger partial charge in [-0.05, 0) is 30.9 Å². The minimum atomic E-state index is -2.87. The van der Waals surface area contributed by atoms with Gasteiger partial charge in [-0.25, -0.2) is 8.42 Å². The number of nitrogens with two attached hydrogens (primary N) is 1. The van der Waals surface area contributed by atoms with Gasteiger partial charge in [0.15, 0.2) is 0 Å². The average Bonchev–Trinajstić information content (AvgIpc) is 2.68. The highest BCUT2D eigenvalue weighted by Gasteiger charge is 2.27. The second-order valence-electron chi connectivity index (χ2n) is 4.54. The van der Waals surface area contributed by atoms with Crippen LogP contribution in [0.1, 0.15) is 6.42 Å². The van der Waals surface area contributed by atoms with Crippen molar-refractivity contribution >= 4 is 21.6 Å². The van der Waals surface area contributed by atoms with Crippen LogP contribution in [-0.2, 0) is 9.84 Å². The lowest BCUT2D eigenvalue weighted by Gasteiger charge is -2.31. The first-order valence-corrected chi connectivity index (χ1v) is 8.81. The van der Waals surface area contributed by atoms with E-state index in [4.69, 9.17) is 5.73 Å². The van der Waals surface area contributed by atoms with Crippen LogP contribution in [0.15, 0.2) is 0 Å². The lowest BCUT2D eigenvalue weighted by atomic mass is 9.98. The van der Waals surface area contributed by atoms with E-state index in [0.717, 1.165) is 5.75 Å². The summed E-state index contributed by atoms with van der Waals surface area (Å²) in [6.45, 7) is 1.20. The van der Waals surface area contributed by atoms with Gasteiger partial charge in [0.05, 0.1) is 5.75 Å². The highest BCUT2D eigenvalue weighted by atomic mass is 32.2. The van der Waals surface area contributed by atoms with Crippen molar-refractivity contribution in [1.29, 1.82) is 0 Å². The molecule has 1 fully saturated rings. The molecule has 1 rings (SSSR count). The predicted molar refractivity (Wildman–Crippen MR) is 70.6 cm³/mol. The maximum absolute atomic E-state index is 11.1. The highest BCUT2D eigenvalue weighted by molar-refractivity contribution is 7.99. The van der Waals surface area contributed by atoms with Crippen molar-refractivity contribution in [3.63, 3.8) is 0 Å². The monoisotopic (exact) mass is 266 g/mol. The topological polar surface area (TPSA) is 63.4 Å². The normalized spacial score (nSPS) is 23.9. The van der Waals surface area contributed by atoms with Crippen LogP contribution in [0, 0.1) is 5.92 Å². The van der Waals surface area contributed by atoms with Gasteiger partial charge in [0, 0.05) is 25.4 Å². The number of nitrogens with zero attached hydrogens (tertiary/aromatic N) is 1. The molecule has 1 heterocycles. The van der Waals surface area contributed by atoms with E-state index in [9.17, 15) is 8.42 Å². The van der Waals surface area contributed by atoms with Gasteiger partial charge in [-0.1, -0.05) is 0 Å². The number of hydrogen-bond acceptors (Lipinski definition) is 5. The lowest BCUT2D eigenvalue weighted by Crippen LogP contribution is -2.45. The Morgan fingerprint density at radius 3 is 2.69 bits per heavy atom. The summed E-state index contributed by atoms with van der Waals surface area (Å²) in [5, 5.41) is 0. The summed E-state index contributed by atoms with van der Waals surface area (Å²) in [5.74, 6) is 3.21. The van der Waals surface area contributed by atoms with Crippen LogP contribution in [0.5, 0.6) is 0 Å². The molecule has 96 valence electrons. The minimum Gasteiger partial charge on any atom is -0.329 e. The molecule has 2 atom stereocenters. The molecule has 0 amide bonds. The van der Waals surface area contributed by atoms with E-state index >= 15 is 0 Å². The second kappa shape index (κ2) is 6.23. The molecule has 2 N–H and O–H groups in total. The van der Waals surface area contributed by atoms with Crippen LogP contribution in [0.2, 0.25) is 0 Å². The van der Waals surface area contributed by atoms with Crippen molar-refractivity contribution in [2.75, 3.05) is 43.7 Å². The first kappa shape index (κ1) is 14.3. The Balaban J connectivity index is 2.45. The smallest absolute Gasteiger partial charge is 0.148 e. The molecule has 6 heteroatoms. The SMILES string of the molecule is CN(CCS(C)(=O)=O)C(CN)C1CCSC1. The van der Waals surface area contributed by atoms with Crippen molar-refractivity contribution in [2.45, 2.75) is 12.5 Å². The molecule has 1 aliphatic rings. The van der Waals surface area contributed by atoms with Crippen molar-refractivity contribution in [3.05, 3.63) is 0 Å². The zero-order chi connectivity index (χ0) is 12.2. The standard InChI is InChI=1S/C10H22N2O2S2/c1-12(4-6-16(2,13)14)10(7-11)9-3-5-15-8-9/h9-10H,3-8,11H2,1-2H3. The number of sulfone groups is 1. The molecule has 1 aliphatic heterocycles. The van der Waals surface area contributed by atoms with Crippen molar-refractivity contribution in [2.24, 2.45) is 11.7 Å².